The van der Waals surface area contributed by atoms with E-state index in [4.69, 9.17) is 10.9 Å². The number of carbonyl (C=O) groups is 1. The molecule has 0 bridgehead atoms. The molecule has 1 heterocycles. The van der Waals surface area contributed by atoms with Gasteiger partial charge in [-0.1, -0.05) is 23.5 Å². The predicted molar refractivity (Wildman–Crippen MR) is 68.7 cm³/mol. The lowest BCUT2D eigenvalue weighted by Gasteiger charge is -2.23. The number of aromatic nitrogens is 2. The van der Waals surface area contributed by atoms with E-state index in [1.165, 1.54) is 6.20 Å². The number of rotatable bonds is 6. The van der Waals surface area contributed by atoms with Gasteiger partial charge >= 0.3 is 0 Å². The second kappa shape index (κ2) is 6.90. The molecule has 1 rings (SSSR count). The minimum absolute atomic E-state index is 0.110. The van der Waals surface area contributed by atoms with E-state index in [0.717, 1.165) is 11.5 Å². The Bertz CT molecular complexity index is 404. The molecule has 0 radical (unpaired) electrons. The largest absolute Gasteiger partial charge is 0.409 e. The highest BCUT2D eigenvalue weighted by Crippen LogP contribution is 2.10. The monoisotopic (exact) mass is 271 g/mol. The van der Waals surface area contributed by atoms with Crippen LogP contribution < -0.4 is 5.73 Å². The standard InChI is InChI=1S/C10H17N5O2S/c1-7(2)6-15(4-3-9(11)13-17)10(16)8-5-12-14-18-8/h5,7,17H,3-4,6H2,1-2H3,(H2,11,13). The number of amidine groups is 1. The number of nitrogens with zero attached hydrogens (tertiary/aromatic N) is 4. The number of amides is 1. The van der Waals surface area contributed by atoms with Gasteiger partial charge in [-0.05, 0) is 17.5 Å². The van der Waals surface area contributed by atoms with Crippen molar-refractivity contribution >= 4 is 23.3 Å². The van der Waals surface area contributed by atoms with E-state index in [1.807, 2.05) is 13.8 Å². The van der Waals surface area contributed by atoms with Crippen LogP contribution in [0.15, 0.2) is 11.4 Å². The van der Waals surface area contributed by atoms with Crippen molar-refractivity contribution in [2.45, 2.75) is 20.3 Å². The fraction of sp³-hybridized carbons (Fsp3) is 0.600. The van der Waals surface area contributed by atoms with Crippen molar-refractivity contribution in [3.8, 4) is 0 Å². The summed E-state index contributed by atoms with van der Waals surface area (Å²) in [6.07, 6.45) is 1.78. The lowest BCUT2D eigenvalue weighted by Crippen LogP contribution is -2.36. The Morgan fingerprint density at radius 3 is 2.89 bits per heavy atom. The number of nitrogens with two attached hydrogens (primary N) is 1. The normalized spacial score (nSPS) is 11.8. The van der Waals surface area contributed by atoms with Crippen LogP contribution in [0.1, 0.15) is 29.9 Å². The summed E-state index contributed by atoms with van der Waals surface area (Å²) < 4.78 is 3.67. The first-order chi connectivity index (χ1) is 8.54. The summed E-state index contributed by atoms with van der Waals surface area (Å²) in [7, 11) is 0. The third-order valence-electron chi connectivity index (χ3n) is 2.21. The molecule has 0 aromatic carbocycles. The summed E-state index contributed by atoms with van der Waals surface area (Å²) in [5.74, 6) is 0.325. The van der Waals surface area contributed by atoms with Gasteiger partial charge in [0.1, 0.15) is 10.7 Å². The molecule has 0 saturated carbocycles. The van der Waals surface area contributed by atoms with E-state index in [2.05, 4.69) is 14.7 Å². The first-order valence-electron chi connectivity index (χ1n) is 5.57. The van der Waals surface area contributed by atoms with E-state index in [9.17, 15) is 4.79 Å². The Balaban J connectivity index is 2.69. The molecule has 0 spiro atoms. The van der Waals surface area contributed by atoms with Crippen LogP contribution in [0.3, 0.4) is 0 Å². The fourth-order valence-corrected chi connectivity index (χ4v) is 1.92. The van der Waals surface area contributed by atoms with Gasteiger partial charge in [0.25, 0.3) is 5.91 Å². The molecule has 7 nitrogen and oxygen atoms in total. The molecule has 100 valence electrons. The second-order valence-electron chi connectivity index (χ2n) is 4.27. The minimum atomic E-state index is -0.121. The molecule has 0 fully saturated rings. The van der Waals surface area contributed by atoms with Gasteiger partial charge in [0.2, 0.25) is 0 Å². The summed E-state index contributed by atoms with van der Waals surface area (Å²) in [6, 6.07) is 0. The molecule has 1 aromatic heterocycles. The SMILES string of the molecule is CC(C)CN(CCC(N)=NO)C(=O)c1cnns1. The van der Waals surface area contributed by atoms with E-state index >= 15 is 0 Å². The lowest BCUT2D eigenvalue weighted by atomic mass is 10.2. The zero-order chi connectivity index (χ0) is 13.5. The first-order valence-corrected chi connectivity index (χ1v) is 6.35. The fourth-order valence-electron chi connectivity index (χ4n) is 1.43. The molecule has 0 saturated heterocycles. The van der Waals surface area contributed by atoms with Crippen LogP contribution >= 0.6 is 11.5 Å². The molecule has 8 heteroatoms. The number of hydrogen-bond donors (Lipinski definition) is 2. The predicted octanol–water partition coefficient (Wildman–Crippen LogP) is 0.773. The van der Waals surface area contributed by atoms with Gasteiger partial charge in [0.05, 0.1) is 6.20 Å². The van der Waals surface area contributed by atoms with Crippen molar-refractivity contribution in [3.05, 3.63) is 11.1 Å². The van der Waals surface area contributed by atoms with Crippen molar-refractivity contribution in [1.29, 1.82) is 0 Å². The minimum Gasteiger partial charge on any atom is -0.409 e. The van der Waals surface area contributed by atoms with Crippen LogP contribution in [0.25, 0.3) is 0 Å². The van der Waals surface area contributed by atoms with Crippen LogP contribution in [-0.4, -0.2) is 44.5 Å². The molecule has 0 unspecified atom stereocenters. The second-order valence-corrected chi connectivity index (χ2v) is 5.05. The summed E-state index contributed by atoms with van der Waals surface area (Å²) in [5, 5.41) is 15.0. The van der Waals surface area contributed by atoms with E-state index in [1.54, 1.807) is 4.90 Å². The van der Waals surface area contributed by atoms with Crippen LogP contribution in [-0.2, 0) is 0 Å². The number of hydrogen-bond acceptors (Lipinski definition) is 6. The van der Waals surface area contributed by atoms with Crippen LogP contribution in [0.5, 0.6) is 0 Å². The summed E-state index contributed by atoms with van der Waals surface area (Å²) >= 11 is 1.06. The zero-order valence-corrected chi connectivity index (χ0v) is 11.2. The Kier molecular flexibility index (Phi) is 5.50. The molecule has 0 aliphatic heterocycles. The Hall–Kier alpha value is -1.70. The third kappa shape index (κ3) is 4.28. The molecule has 18 heavy (non-hydrogen) atoms. The van der Waals surface area contributed by atoms with Gasteiger partial charge in [0.15, 0.2) is 0 Å². The van der Waals surface area contributed by atoms with Gasteiger partial charge < -0.3 is 15.8 Å². The maximum absolute atomic E-state index is 12.2. The van der Waals surface area contributed by atoms with Crippen molar-refractivity contribution < 1.29 is 10.0 Å². The molecule has 3 N–H and O–H groups in total. The van der Waals surface area contributed by atoms with Gasteiger partial charge in [-0.15, -0.1) is 5.10 Å². The number of oxime groups is 1. The van der Waals surface area contributed by atoms with E-state index in [-0.39, 0.29) is 11.7 Å². The average molecular weight is 271 g/mol. The van der Waals surface area contributed by atoms with Crippen molar-refractivity contribution in [1.82, 2.24) is 14.5 Å². The highest BCUT2D eigenvalue weighted by atomic mass is 32.1. The molecule has 0 atom stereocenters. The molecule has 1 amide bonds. The molecule has 1 aromatic rings. The summed E-state index contributed by atoms with van der Waals surface area (Å²) in [5.41, 5.74) is 5.41. The van der Waals surface area contributed by atoms with Crippen LogP contribution in [0, 0.1) is 5.92 Å². The highest BCUT2D eigenvalue weighted by Gasteiger charge is 2.19. The quantitative estimate of drug-likeness (QED) is 0.344. The zero-order valence-electron chi connectivity index (χ0n) is 10.4. The Morgan fingerprint density at radius 1 is 1.67 bits per heavy atom. The van der Waals surface area contributed by atoms with Crippen molar-refractivity contribution in [2.75, 3.05) is 13.1 Å². The van der Waals surface area contributed by atoms with E-state index < -0.39 is 0 Å². The summed E-state index contributed by atoms with van der Waals surface area (Å²) in [4.78, 5) is 14.3. The van der Waals surface area contributed by atoms with Gasteiger partial charge in [0, 0.05) is 19.5 Å². The Labute approximate surface area is 109 Å². The lowest BCUT2D eigenvalue weighted by molar-refractivity contribution is 0.0745. The number of carbonyl (C=O) groups excluding carboxylic acids is 1. The van der Waals surface area contributed by atoms with Crippen LogP contribution in [0.4, 0.5) is 0 Å². The molecular formula is C10H17N5O2S. The summed E-state index contributed by atoms with van der Waals surface area (Å²) in [6.45, 7) is 5.06. The molecule has 0 aliphatic carbocycles. The molecular weight excluding hydrogens is 254 g/mol. The van der Waals surface area contributed by atoms with E-state index in [0.29, 0.717) is 30.3 Å². The van der Waals surface area contributed by atoms with Gasteiger partial charge in [-0.2, -0.15) is 0 Å². The Morgan fingerprint density at radius 2 is 2.39 bits per heavy atom. The maximum Gasteiger partial charge on any atom is 0.267 e. The maximum atomic E-state index is 12.2. The van der Waals surface area contributed by atoms with Gasteiger partial charge in [-0.3, -0.25) is 4.79 Å². The average Bonchev–Trinajstić information content (AvgIpc) is 2.86. The highest BCUT2D eigenvalue weighted by molar-refractivity contribution is 7.07. The van der Waals surface area contributed by atoms with Crippen LogP contribution in [0.2, 0.25) is 0 Å². The molecule has 0 aliphatic rings. The first kappa shape index (κ1) is 14.4. The smallest absolute Gasteiger partial charge is 0.267 e. The topological polar surface area (TPSA) is 105 Å². The van der Waals surface area contributed by atoms with Crippen molar-refractivity contribution in [2.24, 2.45) is 16.8 Å². The van der Waals surface area contributed by atoms with Gasteiger partial charge in [-0.25, -0.2) is 0 Å². The third-order valence-corrected chi connectivity index (χ3v) is 2.86. The van der Waals surface area contributed by atoms with Crippen molar-refractivity contribution in [3.63, 3.8) is 0 Å².